The van der Waals surface area contributed by atoms with Gasteiger partial charge in [0.15, 0.2) is 6.61 Å². The fourth-order valence-corrected chi connectivity index (χ4v) is 3.31. The summed E-state index contributed by atoms with van der Waals surface area (Å²) in [4.78, 5) is 0. The minimum Gasteiger partial charge on any atom is -0.485 e. The van der Waals surface area contributed by atoms with E-state index in [1.165, 1.54) is 12.1 Å². The van der Waals surface area contributed by atoms with Crippen molar-refractivity contribution in [1.82, 2.24) is 0 Å². The normalized spacial score (nSPS) is 11.5. The number of alkyl halides is 2. The molecule has 6 heteroatoms. The molecule has 0 fully saturated rings. The van der Waals surface area contributed by atoms with E-state index in [2.05, 4.69) is 31.9 Å². The molecule has 0 aliphatic carbocycles. The predicted octanol–water partition coefficient (Wildman–Crippen LogP) is 4.84. The van der Waals surface area contributed by atoms with Crippen molar-refractivity contribution < 1.29 is 13.5 Å². The Kier molecular flexibility index (Phi) is 5.35. The van der Waals surface area contributed by atoms with Gasteiger partial charge >= 0.3 is 5.92 Å². The van der Waals surface area contributed by atoms with Crippen LogP contribution in [0.15, 0.2) is 51.4 Å². The average Bonchev–Trinajstić information content (AvgIpc) is 2.47. The predicted molar refractivity (Wildman–Crippen MR) is 85.6 cm³/mol. The van der Waals surface area contributed by atoms with Crippen molar-refractivity contribution in [2.24, 2.45) is 5.73 Å². The molecule has 0 atom stereocenters. The summed E-state index contributed by atoms with van der Waals surface area (Å²) in [7, 11) is 0. The third-order valence-corrected chi connectivity index (χ3v) is 4.07. The maximum absolute atomic E-state index is 14.1. The minimum atomic E-state index is -3.06. The standard InChI is InChI=1S/C15H13Br2F2NO/c16-12-6-10(8-20)7-13(17)14(12)21-9-15(18,19)11-4-2-1-3-5-11/h1-7H,8-9,20H2. The summed E-state index contributed by atoms with van der Waals surface area (Å²) in [5, 5.41) is 0. The van der Waals surface area contributed by atoms with Crippen LogP contribution in [-0.4, -0.2) is 6.61 Å². The molecule has 2 N–H and O–H groups in total. The molecule has 0 aromatic heterocycles. The molecule has 0 aliphatic rings. The summed E-state index contributed by atoms with van der Waals surface area (Å²) < 4.78 is 34.6. The van der Waals surface area contributed by atoms with Crippen molar-refractivity contribution in [3.05, 3.63) is 62.5 Å². The molecule has 0 radical (unpaired) electrons. The van der Waals surface area contributed by atoms with Gasteiger partial charge in [0.25, 0.3) is 0 Å². The topological polar surface area (TPSA) is 35.2 Å². The lowest BCUT2D eigenvalue weighted by Crippen LogP contribution is -2.23. The fraction of sp³-hybridized carbons (Fsp3) is 0.200. The van der Waals surface area contributed by atoms with Crippen molar-refractivity contribution in [1.29, 1.82) is 0 Å². The van der Waals surface area contributed by atoms with E-state index in [9.17, 15) is 8.78 Å². The van der Waals surface area contributed by atoms with E-state index in [0.29, 0.717) is 21.2 Å². The number of hydrogen-bond acceptors (Lipinski definition) is 2. The molecule has 21 heavy (non-hydrogen) atoms. The van der Waals surface area contributed by atoms with Gasteiger partial charge in [0, 0.05) is 12.1 Å². The first-order valence-electron chi connectivity index (χ1n) is 6.18. The second kappa shape index (κ2) is 6.85. The van der Waals surface area contributed by atoms with E-state index in [1.54, 1.807) is 30.3 Å². The molecule has 0 unspecified atom stereocenters. The highest BCUT2D eigenvalue weighted by Crippen LogP contribution is 2.37. The largest absolute Gasteiger partial charge is 0.485 e. The quantitative estimate of drug-likeness (QED) is 0.750. The van der Waals surface area contributed by atoms with Crippen molar-refractivity contribution in [2.45, 2.75) is 12.5 Å². The smallest absolute Gasteiger partial charge is 0.306 e. The number of benzene rings is 2. The van der Waals surface area contributed by atoms with Gasteiger partial charge in [0.1, 0.15) is 5.75 Å². The summed E-state index contributed by atoms with van der Waals surface area (Å²) in [5.74, 6) is -2.73. The Morgan fingerprint density at radius 3 is 2.14 bits per heavy atom. The summed E-state index contributed by atoms with van der Waals surface area (Å²) in [6, 6.07) is 11.1. The van der Waals surface area contributed by atoms with Gasteiger partial charge in [-0.05, 0) is 49.6 Å². The molecular formula is C15H13Br2F2NO. The second-order valence-electron chi connectivity index (χ2n) is 4.45. The molecule has 112 valence electrons. The van der Waals surface area contributed by atoms with Crippen molar-refractivity contribution in [3.8, 4) is 5.75 Å². The van der Waals surface area contributed by atoms with Gasteiger partial charge in [-0.25, -0.2) is 0 Å². The first-order valence-corrected chi connectivity index (χ1v) is 7.77. The van der Waals surface area contributed by atoms with E-state index in [1.807, 2.05) is 0 Å². The van der Waals surface area contributed by atoms with Crippen LogP contribution in [0.2, 0.25) is 0 Å². The first kappa shape index (κ1) is 16.4. The van der Waals surface area contributed by atoms with Crippen LogP contribution in [0, 0.1) is 0 Å². The summed E-state index contributed by atoms with van der Waals surface area (Å²) >= 11 is 6.61. The van der Waals surface area contributed by atoms with E-state index >= 15 is 0 Å². The molecule has 2 rings (SSSR count). The number of nitrogens with two attached hydrogens (primary N) is 1. The number of ether oxygens (including phenoxy) is 1. The van der Waals surface area contributed by atoms with Gasteiger partial charge in [-0.2, -0.15) is 8.78 Å². The summed E-state index contributed by atoms with van der Waals surface area (Å²) in [6.45, 7) is -0.381. The van der Waals surface area contributed by atoms with Gasteiger partial charge in [0.05, 0.1) is 8.95 Å². The summed E-state index contributed by atoms with van der Waals surface area (Å²) in [6.07, 6.45) is 0. The molecule has 0 saturated heterocycles. The van der Waals surface area contributed by atoms with Crippen LogP contribution in [0.4, 0.5) is 8.78 Å². The Hall–Kier alpha value is -0.980. The lowest BCUT2D eigenvalue weighted by molar-refractivity contribution is -0.0471. The van der Waals surface area contributed by atoms with Crippen molar-refractivity contribution in [2.75, 3.05) is 6.61 Å². The highest BCUT2D eigenvalue weighted by Gasteiger charge is 2.33. The maximum atomic E-state index is 14.1. The maximum Gasteiger partial charge on any atom is 0.306 e. The van der Waals surface area contributed by atoms with Crippen molar-refractivity contribution >= 4 is 31.9 Å². The fourth-order valence-electron chi connectivity index (χ4n) is 1.80. The molecule has 0 spiro atoms. The van der Waals surface area contributed by atoms with E-state index in [-0.39, 0.29) is 5.56 Å². The van der Waals surface area contributed by atoms with Gasteiger partial charge in [-0.1, -0.05) is 30.3 Å². The van der Waals surface area contributed by atoms with Gasteiger partial charge in [0.2, 0.25) is 0 Å². The molecule has 2 aromatic rings. The molecule has 0 heterocycles. The lowest BCUT2D eigenvalue weighted by atomic mass is 10.1. The van der Waals surface area contributed by atoms with Crippen LogP contribution in [0.25, 0.3) is 0 Å². The Labute approximate surface area is 138 Å². The highest BCUT2D eigenvalue weighted by molar-refractivity contribution is 9.11. The molecular weight excluding hydrogens is 408 g/mol. The van der Waals surface area contributed by atoms with E-state index in [4.69, 9.17) is 10.5 Å². The van der Waals surface area contributed by atoms with E-state index in [0.717, 1.165) is 5.56 Å². The zero-order valence-electron chi connectivity index (χ0n) is 11.0. The van der Waals surface area contributed by atoms with Gasteiger partial charge < -0.3 is 10.5 Å². The second-order valence-corrected chi connectivity index (χ2v) is 6.16. The van der Waals surface area contributed by atoms with Crippen molar-refractivity contribution in [3.63, 3.8) is 0 Å². The lowest BCUT2D eigenvalue weighted by Gasteiger charge is -2.19. The van der Waals surface area contributed by atoms with Crippen LogP contribution in [0.3, 0.4) is 0 Å². The van der Waals surface area contributed by atoms with Crippen LogP contribution in [0.1, 0.15) is 11.1 Å². The Bertz CT molecular complexity index is 597. The highest BCUT2D eigenvalue weighted by atomic mass is 79.9. The number of halogens is 4. The van der Waals surface area contributed by atoms with Crippen LogP contribution >= 0.6 is 31.9 Å². The third kappa shape index (κ3) is 4.02. The molecule has 0 saturated carbocycles. The monoisotopic (exact) mass is 419 g/mol. The van der Waals surface area contributed by atoms with Gasteiger partial charge in [-0.15, -0.1) is 0 Å². The molecule has 2 aromatic carbocycles. The molecule has 0 aliphatic heterocycles. The van der Waals surface area contributed by atoms with Gasteiger partial charge in [-0.3, -0.25) is 0 Å². The SMILES string of the molecule is NCc1cc(Br)c(OCC(F)(F)c2ccccc2)c(Br)c1. The average molecular weight is 421 g/mol. The molecule has 2 nitrogen and oxygen atoms in total. The zero-order valence-corrected chi connectivity index (χ0v) is 14.1. The number of hydrogen-bond donors (Lipinski definition) is 1. The molecule has 0 amide bonds. The van der Waals surface area contributed by atoms with Crippen LogP contribution < -0.4 is 10.5 Å². The first-order chi connectivity index (χ1) is 9.94. The number of rotatable bonds is 5. The third-order valence-electron chi connectivity index (χ3n) is 2.89. The molecule has 0 bridgehead atoms. The Morgan fingerprint density at radius 1 is 1.05 bits per heavy atom. The van der Waals surface area contributed by atoms with Crippen LogP contribution in [0.5, 0.6) is 5.75 Å². The van der Waals surface area contributed by atoms with E-state index < -0.39 is 12.5 Å². The zero-order chi connectivity index (χ0) is 15.5. The Balaban J connectivity index is 2.17. The minimum absolute atomic E-state index is 0.0733. The Morgan fingerprint density at radius 2 is 1.62 bits per heavy atom. The van der Waals surface area contributed by atoms with Crippen LogP contribution in [-0.2, 0) is 12.5 Å². The summed E-state index contributed by atoms with van der Waals surface area (Å²) in [5.41, 5.74) is 6.35.